The zero-order chi connectivity index (χ0) is 13.5. The van der Waals surface area contributed by atoms with Gasteiger partial charge in [0.15, 0.2) is 11.5 Å². The van der Waals surface area contributed by atoms with E-state index in [0.29, 0.717) is 11.3 Å². The molecule has 100 valence electrons. The fraction of sp³-hybridized carbons (Fsp3) is 0.462. The van der Waals surface area contributed by atoms with Gasteiger partial charge in [0.2, 0.25) is 0 Å². The molecule has 0 saturated heterocycles. The van der Waals surface area contributed by atoms with Crippen LogP contribution in [0.3, 0.4) is 0 Å². The van der Waals surface area contributed by atoms with Crippen LogP contribution in [0.1, 0.15) is 24.2 Å². The Morgan fingerprint density at radius 1 is 1.56 bits per heavy atom. The number of amides is 1. The molecule has 1 aromatic rings. The Bertz CT molecular complexity index is 409. The predicted octanol–water partition coefficient (Wildman–Crippen LogP) is 2.27. The molecule has 1 aromatic carbocycles. The maximum absolute atomic E-state index is 11.9. The van der Waals surface area contributed by atoms with Crippen molar-refractivity contribution in [2.75, 3.05) is 18.6 Å². The number of hydrogen-bond acceptors (Lipinski definition) is 4. The average Bonchev–Trinajstić information content (AvgIpc) is 2.36. The zero-order valence-corrected chi connectivity index (χ0v) is 11.7. The van der Waals surface area contributed by atoms with Gasteiger partial charge >= 0.3 is 0 Å². The normalized spacial score (nSPS) is 11.9. The second-order valence-corrected chi connectivity index (χ2v) is 5.24. The summed E-state index contributed by atoms with van der Waals surface area (Å²) in [6, 6.07) is 4.73. The quantitative estimate of drug-likeness (QED) is 0.832. The molecular weight excluding hydrogens is 250 g/mol. The number of aromatic hydroxyl groups is 1. The number of benzene rings is 1. The van der Waals surface area contributed by atoms with Gasteiger partial charge in [-0.25, -0.2) is 0 Å². The van der Waals surface area contributed by atoms with E-state index in [1.54, 1.807) is 23.9 Å². The Balaban J connectivity index is 2.64. The molecule has 0 aliphatic rings. The molecule has 4 nitrogen and oxygen atoms in total. The fourth-order valence-corrected chi connectivity index (χ4v) is 2.15. The van der Waals surface area contributed by atoms with Gasteiger partial charge in [0.25, 0.3) is 5.91 Å². The number of phenolic OH excluding ortho intramolecular Hbond substituents is 1. The van der Waals surface area contributed by atoms with Crippen LogP contribution in [-0.4, -0.2) is 35.7 Å². The van der Waals surface area contributed by atoms with Crippen LogP contribution in [0.4, 0.5) is 0 Å². The molecule has 2 N–H and O–H groups in total. The van der Waals surface area contributed by atoms with Crippen molar-refractivity contribution in [3.05, 3.63) is 23.8 Å². The summed E-state index contributed by atoms with van der Waals surface area (Å²) in [5, 5.41) is 12.5. The van der Waals surface area contributed by atoms with E-state index < -0.39 is 0 Å². The van der Waals surface area contributed by atoms with E-state index in [0.717, 1.165) is 11.5 Å². The lowest BCUT2D eigenvalue weighted by molar-refractivity contribution is 0.0943. The van der Waals surface area contributed by atoms with E-state index in [1.165, 1.54) is 13.2 Å². The van der Waals surface area contributed by atoms with Crippen molar-refractivity contribution in [3.8, 4) is 11.5 Å². The summed E-state index contributed by atoms with van der Waals surface area (Å²) in [5.41, 5.74) is 0.432. The number of phenols is 1. The molecule has 0 radical (unpaired) electrons. The Labute approximate surface area is 112 Å². The molecular formula is C13H19NO3S. The highest BCUT2D eigenvalue weighted by Gasteiger charge is 2.12. The van der Waals surface area contributed by atoms with E-state index in [9.17, 15) is 9.90 Å². The number of carbonyl (C=O) groups excluding carboxylic acids is 1. The van der Waals surface area contributed by atoms with Crippen molar-refractivity contribution in [1.29, 1.82) is 0 Å². The SMILES string of the molecule is CCSCC(C)NC(=O)c1ccc(OC)c(O)c1. The predicted molar refractivity (Wildman–Crippen MR) is 74.6 cm³/mol. The number of thioether (sulfide) groups is 1. The van der Waals surface area contributed by atoms with Gasteiger partial charge in [0.1, 0.15) is 0 Å². The topological polar surface area (TPSA) is 58.6 Å². The number of rotatable bonds is 6. The van der Waals surface area contributed by atoms with Gasteiger partial charge in [-0.05, 0) is 30.9 Å². The second-order valence-electron chi connectivity index (χ2n) is 3.92. The van der Waals surface area contributed by atoms with Crippen LogP contribution in [0.2, 0.25) is 0 Å². The minimum atomic E-state index is -0.183. The third kappa shape index (κ3) is 4.14. The lowest BCUT2D eigenvalue weighted by Gasteiger charge is -2.13. The van der Waals surface area contributed by atoms with Crippen LogP contribution >= 0.6 is 11.8 Å². The number of carbonyl (C=O) groups is 1. The molecule has 0 bridgehead atoms. The van der Waals surface area contributed by atoms with Crippen molar-refractivity contribution in [3.63, 3.8) is 0 Å². The first-order valence-corrected chi connectivity index (χ1v) is 6.99. The summed E-state index contributed by atoms with van der Waals surface area (Å²) < 4.78 is 4.93. The lowest BCUT2D eigenvalue weighted by atomic mass is 10.2. The summed E-state index contributed by atoms with van der Waals surface area (Å²) in [4.78, 5) is 11.9. The van der Waals surface area contributed by atoms with E-state index >= 15 is 0 Å². The smallest absolute Gasteiger partial charge is 0.251 e. The Hall–Kier alpha value is -1.36. The van der Waals surface area contributed by atoms with Gasteiger partial charge in [-0.2, -0.15) is 11.8 Å². The standard InChI is InChI=1S/C13H19NO3S/c1-4-18-8-9(2)14-13(16)10-5-6-12(17-3)11(15)7-10/h5-7,9,15H,4,8H2,1-3H3,(H,14,16). The number of hydrogen-bond donors (Lipinski definition) is 2. The molecule has 0 aliphatic carbocycles. The van der Waals surface area contributed by atoms with Gasteiger partial charge in [0, 0.05) is 17.4 Å². The molecule has 1 atom stereocenters. The van der Waals surface area contributed by atoms with Gasteiger partial charge in [0.05, 0.1) is 7.11 Å². The van der Waals surface area contributed by atoms with E-state index in [2.05, 4.69) is 12.2 Å². The molecule has 0 saturated carbocycles. The molecule has 0 aromatic heterocycles. The molecule has 1 unspecified atom stereocenters. The average molecular weight is 269 g/mol. The summed E-state index contributed by atoms with van der Waals surface area (Å²) >= 11 is 1.78. The number of nitrogens with one attached hydrogen (secondary N) is 1. The zero-order valence-electron chi connectivity index (χ0n) is 10.9. The minimum absolute atomic E-state index is 0.0271. The van der Waals surface area contributed by atoms with Crippen LogP contribution in [0.25, 0.3) is 0 Å². The van der Waals surface area contributed by atoms with Crippen molar-refractivity contribution < 1.29 is 14.6 Å². The molecule has 0 fully saturated rings. The number of ether oxygens (including phenoxy) is 1. The maximum atomic E-state index is 11.9. The molecule has 1 amide bonds. The summed E-state index contributed by atoms with van der Waals surface area (Å²) in [6.07, 6.45) is 0. The second kappa shape index (κ2) is 7.16. The van der Waals surface area contributed by atoms with Gasteiger partial charge < -0.3 is 15.2 Å². The van der Waals surface area contributed by atoms with E-state index in [4.69, 9.17) is 4.74 Å². The minimum Gasteiger partial charge on any atom is -0.504 e. The maximum Gasteiger partial charge on any atom is 0.251 e. The van der Waals surface area contributed by atoms with E-state index in [-0.39, 0.29) is 17.7 Å². The molecule has 1 rings (SSSR count). The van der Waals surface area contributed by atoms with Crippen LogP contribution in [0.15, 0.2) is 18.2 Å². The molecule has 0 aliphatic heterocycles. The Morgan fingerprint density at radius 2 is 2.28 bits per heavy atom. The third-order valence-electron chi connectivity index (χ3n) is 2.39. The first-order valence-electron chi connectivity index (χ1n) is 5.84. The van der Waals surface area contributed by atoms with Crippen molar-refractivity contribution >= 4 is 17.7 Å². The number of methoxy groups -OCH3 is 1. The van der Waals surface area contributed by atoms with Crippen LogP contribution in [0.5, 0.6) is 11.5 Å². The first kappa shape index (κ1) is 14.7. The van der Waals surface area contributed by atoms with Gasteiger partial charge in [-0.1, -0.05) is 6.92 Å². The first-order chi connectivity index (χ1) is 8.58. The molecule has 0 heterocycles. The summed E-state index contributed by atoms with van der Waals surface area (Å²) in [7, 11) is 1.47. The van der Waals surface area contributed by atoms with Crippen LogP contribution < -0.4 is 10.1 Å². The third-order valence-corrected chi connectivity index (χ3v) is 3.53. The van der Waals surface area contributed by atoms with Crippen molar-refractivity contribution in [2.24, 2.45) is 0 Å². The Morgan fingerprint density at radius 3 is 2.83 bits per heavy atom. The van der Waals surface area contributed by atoms with Crippen LogP contribution in [-0.2, 0) is 0 Å². The summed E-state index contributed by atoms with van der Waals surface area (Å²) in [5.74, 6) is 2.06. The highest BCUT2D eigenvalue weighted by atomic mass is 32.2. The fourth-order valence-electron chi connectivity index (χ4n) is 1.47. The molecule has 5 heteroatoms. The van der Waals surface area contributed by atoms with Crippen molar-refractivity contribution in [2.45, 2.75) is 19.9 Å². The van der Waals surface area contributed by atoms with E-state index in [1.807, 2.05) is 6.92 Å². The Kier molecular flexibility index (Phi) is 5.85. The van der Waals surface area contributed by atoms with Crippen molar-refractivity contribution in [1.82, 2.24) is 5.32 Å². The highest BCUT2D eigenvalue weighted by molar-refractivity contribution is 7.99. The molecule has 18 heavy (non-hydrogen) atoms. The molecule has 0 spiro atoms. The van der Waals surface area contributed by atoms with Crippen LogP contribution in [0, 0.1) is 0 Å². The van der Waals surface area contributed by atoms with Gasteiger partial charge in [-0.15, -0.1) is 0 Å². The summed E-state index contributed by atoms with van der Waals surface area (Å²) in [6.45, 7) is 4.05. The van der Waals surface area contributed by atoms with Gasteiger partial charge in [-0.3, -0.25) is 4.79 Å². The largest absolute Gasteiger partial charge is 0.504 e. The lowest BCUT2D eigenvalue weighted by Crippen LogP contribution is -2.34. The monoisotopic (exact) mass is 269 g/mol. The highest BCUT2D eigenvalue weighted by Crippen LogP contribution is 2.26.